The van der Waals surface area contributed by atoms with Gasteiger partial charge in [-0.05, 0) is 53.0 Å². The predicted octanol–water partition coefficient (Wildman–Crippen LogP) is 4.36. The molecule has 1 amide bonds. The number of carbonyl (C=O) groups excluding carboxylic acids is 1. The van der Waals surface area contributed by atoms with Gasteiger partial charge in [-0.1, -0.05) is 11.6 Å². The van der Waals surface area contributed by atoms with Gasteiger partial charge in [0, 0.05) is 35.0 Å². The predicted molar refractivity (Wildman–Crippen MR) is 138 cm³/mol. The minimum Gasteiger partial charge on any atom is -0.461 e. The Kier molecular flexibility index (Phi) is 5.21. The van der Waals surface area contributed by atoms with Crippen molar-refractivity contribution >= 4 is 34.4 Å². The molecule has 12 heteroatoms. The van der Waals surface area contributed by atoms with E-state index in [9.17, 15) is 9.18 Å². The molecule has 0 aromatic carbocycles. The van der Waals surface area contributed by atoms with Gasteiger partial charge in [-0.15, -0.1) is 0 Å². The number of pyridine rings is 1. The number of alkyl halides is 1. The largest absolute Gasteiger partial charge is 0.461 e. The monoisotopic (exact) mass is 554 g/mol. The van der Waals surface area contributed by atoms with Crippen LogP contribution >= 0.6 is 11.6 Å². The Morgan fingerprint density at radius 2 is 2.03 bits per heavy atom. The van der Waals surface area contributed by atoms with E-state index in [2.05, 4.69) is 15.0 Å². The maximum atomic E-state index is 15.3. The smallest absolute Gasteiger partial charge is 0.410 e. The molecule has 0 saturated carbocycles. The standard InChI is InChI=1S/C26H33ClF2N6O3/c1-25(2,3)38-24(36)35-16-5-6-17(35)13-33(12-16)22-18-10-30-21(27)19(29)20(18)31-23(32-22)37-14-26-7-4-8-34(26)11-15(28)9-26/h10,15-17H,4-9,11-14H2,1-3H3/t15-,16?,17?,26+/m1/s1/i8D2,14D2. The van der Waals surface area contributed by atoms with Gasteiger partial charge in [0.05, 0.1) is 25.8 Å². The minimum absolute atomic E-state index is 0.00697. The molecule has 6 rings (SSSR count). The lowest BCUT2D eigenvalue weighted by Crippen LogP contribution is -2.57. The fraction of sp³-hybridized carbons (Fsp3) is 0.692. The summed E-state index contributed by atoms with van der Waals surface area (Å²) in [5, 5.41) is -0.197. The van der Waals surface area contributed by atoms with E-state index in [1.54, 1.807) is 25.7 Å². The first-order chi connectivity index (χ1) is 19.5. The van der Waals surface area contributed by atoms with Gasteiger partial charge in [0.2, 0.25) is 0 Å². The van der Waals surface area contributed by atoms with E-state index in [-0.39, 0.29) is 54.6 Å². The first-order valence-electron chi connectivity index (χ1n) is 14.9. The first kappa shape index (κ1) is 21.3. The Bertz CT molecular complexity index is 1420. The molecular weight excluding hydrogens is 518 g/mol. The SMILES string of the molecule is [2H]C1([2H])CC[C@@]2(C([2H])([2H])Oc3nc(N4CC5CCC(C4)N5C(=O)OC(C)(C)C)c4cnc(Cl)c(F)c4n3)C[C@@H](F)CN12. The second kappa shape index (κ2) is 9.29. The van der Waals surface area contributed by atoms with Gasteiger partial charge >= 0.3 is 12.1 Å². The van der Waals surface area contributed by atoms with Crippen molar-refractivity contribution in [3.05, 3.63) is 17.2 Å². The Balaban J connectivity index is 1.36. The second-order valence-electron chi connectivity index (χ2n) is 11.4. The van der Waals surface area contributed by atoms with E-state index in [1.807, 2.05) is 4.90 Å². The van der Waals surface area contributed by atoms with Gasteiger partial charge in [0.25, 0.3) is 0 Å². The van der Waals surface area contributed by atoms with Crippen molar-refractivity contribution in [2.24, 2.45) is 0 Å². The van der Waals surface area contributed by atoms with E-state index in [1.165, 1.54) is 11.1 Å². The van der Waals surface area contributed by atoms with E-state index in [0.717, 1.165) is 12.8 Å². The number of anilines is 1. The molecule has 0 radical (unpaired) electrons. The molecule has 4 fully saturated rings. The molecule has 0 aliphatic carbocycles. The quantitative estimate of drug-likeness (QED) is 0.516. The van der Waals surface area contributed by atoms with Crippen LogP contribution in [0.2, 0.25) is 5.15 Å². The lowest BCUT2D eigenvalue weighted by atomic mass is 9.95. The van der Waals surface area contributed by atoms with Crippen molar-refractivity contribution in [3.63, 3.8) is 0 Å². The molecule has 2 unspecified atom stereocenters. The number of nitrogens with zero attached hydrogens (tertiary/aromatic N) is 6. The number of aromatic nitrogens is 3. The van der Waals surface area contributed by atoms with Crippen molar-refractivity contribution < 1.29 is 28.5 Å². The van der Waals surface area contributed by atoms with Gasteiger partial charge < -0.3 is 14.4 Å². The van der Waals surface area contributed by atoms with Gasteiger partial charge in [0.1, 0.15) is 29.7 Å². The molecule has 2 aromatic heterocycles. The summed E-state index contributed by atoms with van der Waals surface area (Å²) in [6, 6.07) is -0.884. The van der Waals surface area contributed by atoms with E-state index >= 15 is 4.39 Å². The summed E-state index contributed by atoms with van der Waals surface area (Å²) in [6.07, 6.45) is 0.735. The molecule has 206 valence electrons. The van der Waals surface area contributed by atoms with Crippen LogP contribution in [-0.2, 0) is 4.74 Å². The van der Waals surface area contributed by atoms with Crippen molar-refractivity contribution in [3.8, 4) is 6.01 Å². The third-order valence-electron chi connectivity index (χ3n) is 7.62. The fourth-order valence-corrected chi connectivity index (χ4v) is 6.17. The summed E-state index contributed by atoms with van der Waals surface area (Å²) in [6.45, 7) is 1.32. The number of carbonyl (C=O) groups is 1. The first-order valence-corrected chi connectivity index (χ1v) is 13.3. The van der Waals surface area contributed by atoms with Crippen LogP contribution in [-0.4, -0.2) is 92.9 Å². The molecule has 4 aliphatic rings. The Morgan fingerprint density at radius 1 is 1.29 bits per heavy atom. The number of hydrogen-bond donors (Lipinski definition) is 0. The van der Waals surface area contributed by atoms with Crippen LogP contribution in [0.5, 0.6) is 6.01 Å². The Labute approximate surface area is 231 Å². The summed E-state index contributed by atoms with van der Waals surface area (Å²) in [7, 11) is 0. The number of amides is 1. The van der Waals surface area contributed by atoms with Crippen molar-refractivity contribution in [1.29, 1.82) is 0 Å². The highest BCUT2D eigenvalue weighted by atomic mass is 35.5. The molecule has 4 aliphatic heterocycles. The van der Waals surface area contributed by atoms with Crippen LogP contribution in [0, 0.1) is 5.82 Å². The highest BCUT2D eigenvalue weighted by Gasteiger charge is 2.49. The number of piperazine rings is 1. The van der Waals surface area contributed by atoms with Crippen LogP contribution in [0.1, 0.15) is 58.4 Å². The normalized spacial score (nSPS) is 32.5. The van der Waals surface area contributed by atoms with Crippen molar-refractivity contribution in [2.75, 3.05) is 37.6 Å². The summed E-state index contributed by atoms with van der Waals surface area (Å²) in [5.74, 6) is -0.694. The van der Waals surface area contributed by atoms with E-state index in [4.69, 9.17) is 26.6 Å². The fourth-order valence-electron chi connectivity index (χ4n) is 6.03. The summed E-state index contributed by atoms with van der Waals surface area (Å²) in [4.78, 5) is 30.4. The highest BCUT2D eigenvalue weighted by molar-refractivity contribution is 6.30. The number of rotatable bonds is 4. The topological polar surface area (TPSA) is 83.9 Å². The van der Waals surface area contributed by atoms with Gasteiger partial charge in [-0.25, -0.2) is 18.6 Å². The third kappa shape index (κ3) is 4.51. The molecule has 4 saturated heterocycles. The number of fused-ring (bicyclic) bond motifs is 4. The summed E-state index contributed by atoms with van der Waals surface area (Å²) in [5.41, 5.74) is -2.47. The van der Waals surface area contributed by atoms with Crippen LogP contribution in [0.3, 0.4) is 0 Å². The van der Waals surface area contributed by atoms with E-state index < -0.39 is 53.4 Å². The average molecular weight is 555 g/mol. The number of halogens is 3. The lowest BCUT2D eigenvalue weighted by molar-refractivity contribution is 0.0122. The zero-order valence-electron chi connectivity index (χ0n) is 25.5. The molecule has 2 bridgehead atoms. The molecule has 38 heavy (non-hydrogen) atoms. The number of hydrogen-bond acceptors (Lipinski definition) is 8. The van der Waals surface area contributed by atoms with Crippen molar-refractivity contribution in [2.45, 2.75) is 82.3 Å². The molecule has 0 N–H and O–H groups in total. The lowest BCUT2D eigenvalue weighted by Gasteiger charge is -2.42. The molecule has 0 spiro atoms. The second-order valence-corrected chi connectivity index (χ2v) is 11.8. The minimum atomic E-state index is -2.62. The maximum Gasteiger partial charge on any atom is 0.410 e. The number of ether oxygens (including phenoxy) is 2. The molecular formula is C26H33ClF2N6O3. The maximum absolute atomic E-state index is 15.3. The molecule has 9 nitrogen and oxygen atoms in total. The third-order valence-corrected chi connectivity index (χ3v) is 7.88. The van der Waals surface area contributed by atoms with Crippen LogP contribution < -0.4 is 9.64 Å². The molecule has 4 atom stereocenters. The zero-order valence-corrected chi connectivity index (χ0v) is 22.3. The average Bonchev–Trinajstić information content (AvgIpc) is 3.47. The van der Waals surface area contributed by atoms with Crippen LogP contribution in [0.25, 0.3) is 10.9 Å². The van der Waals surface area contributed by atoms with Gasteiger partial charge in [-0.2, -0.15) is 9.97 Å². The summed E-state index contributed by atoms with van der Waals surface area (Å²) >= 11 is 5.97. The van der Waals surface area contributed by atoms with Crippen LogP contribution in [0.4, 0.5) is 19.4 Å². The Hall–Kier alpha value is -2.53. The van der Waals surface area contributed by atoms with Crippen molar-refractivity contribution in [1.82, 2.24) is 24.8 Å². The summed E-state index contributed by atoms with van der Waals surface area (Å²) < 4.78 is 75.6. The van der Waals surface area contributed by atoms with E-state index in [0.29, 0.717) is 13.1 Å². The highest BCUT2D eigenvalue weighted by Crippen LogP contribution is 2.41. The Morgan fingerprint density at radius 3 is 2.74 bits per heavy atom. The zero-order chi connectivity index (χ0) is 30.4. The van der Waals surface area contributed by atoms with Crippen LogP contribution in [0.15, 0.2) is 6.20 Å². The van der Waals surface area contributed by atoms with Gasteiger partial charge in [0.15, 0.2) is 11.0 Å². The molecule has 2 aromatic rings. The molecule has 6 heterocycles. The van der Waals surface area contributed by atoms with Gasteiger partial charge in [-0.3, -0.25) is 9.80 Å².